The summed E-state index contributed by atoms with van der Waals surface area (Å²) in [5, 5.41) is 11.1. The lowest BCUT2D eigenvalue weighted by atomic mass is 9.94. The number of ketones is 1. The van der Waals surface area contributed by atoms with Crippen LogP contribution in [0.15, 0.2) is 54.1 Å². The Morgan fingerprint density at radius 1 is 0.935 bits per heavy atom. The Morgan fingerprint density at radius 2 is 1.52 bits per heavy atom. The Labute approximate surface area is 182 Å². The van der Waals surface area contributed by atoms with Gasteiger partial charge < -0.3 is 14.7 Å². The number of benzene rings is 2. The molecule has 1 N–H and O–H groups in total. The molecule has 0 radical (unpaired) electrons. The van der Waals surface area contributed by atoms with Crippen LogP contribution in [0.1, 0.15) is 28.3 Å². The Morgan fingerprint density at radius 3 is 2.13 bits per heavy atom. The van der Waals surface area contributed by atoms with Crippen molar-refractivity contribution in [3.63, 3.8) is 0 Å². The molecular formula is C25H28N2O4. The third kappa shape index (κ3) is 4.40. The third-order valence-electron chi connectivity index (χ3n) is 6.02. The van der Waals surface area contributed by atoms with Crippen LogP contribution in [0.5, 0.6) is 0 Å². The number of aryl methyl sites for hydroxylation is 2. The van der Waals surface area contributed by atoms with Crippen molar-refractivity contribution in [1.82, 2.24) is 9.80 Å². The summed E-state index contributed by atoms with van der Waals surface area (Å²) in [6, 6.07) is 14.5. The van der Waals surface area contributed by atoms with Crippen molar-refractivity contribution in [2.45, 2.75) is 19.9 Å². The van der Waals surface area contributed by atoms with Crippen molar-refractivity contribution in [2.24, 2.45) is 0 Å². The Bertz CT molecular complexity index is 989. The van der Waals surface area contributed by atoms with E-state index in [1.807, 2.05) is 50.2 Å². The van der Waals surface area contributed by atoms with E-state index >= 15 is 0 Å². The van der Waals surface area contributed by atoms with E-state index in [4.69, 9.17) is 4.74 Å². The predicted octanol–water partition coefficient (Wildman–Crippen LogP) is 3.06. The molecule has 2 fully saturated rings. The molecular weight excluding hydrogens is 392 g/mol. The van der Waals surface area contributed by atoms with Gasteiger partial charge in [0.2, 0.25) is 0 Å². The van der Waals surface area contributed by atoms with Crippen LogP contribution in [0.2, 0.25) is 0 Å². The van der Waals surface area contributed by atoms with Crippen molar-refractivity contribution in [3.05, 3.63) is 76.4 Å². The number of rotatable bonds is 5. The number of aliphatic hydroxyl groups is 1. The first kappa shape index (κ1) is 21.3. The molecule has 1 amide bonds. The number of carbonyl (C=O) groups excluding carboxylic acids is 2. The average Bonchev–Trinajstić information content (AvgIpc) is 3.04. The van der Waals surface area contributed by atoms with Crippen LogP contribution in [0.4, 0.5) is 0 Å². The van der Waals surface area contributed by atoms with Crippen LogP contribution in [-0.4, -0.2) is 66.0 Å². The van der Waals surface area contributed by atoms with E-state index in [0.717, 1.165) is 29.8 Å². The molecule has 1 atom stereocenters. The highest BCUT2D eigenvalue weighted by Crippen LogP contribution is 2.39. The minimum atomic E-state index is -0.634. The van der Waals surface area contributed by atoms with Gasteiger partial charge in [0, 0.05) is 31.7 Å². The summed E-state index contributed by atoms with van der Waals surface area (Å²) in [6.45, 7) is 7.98. The quantitative estimate of drug-likeness (QED) is 0.457. The van der Waals surface area contributed by atoms with E-state index in [-0.39, 0.29) is 11.3 Å². The highest BCUT2D eigenvalue weighted by Gasteiger charge is 2.46. The normalized spacial score (nSPS) is 21.6. The van der Waals surface area contributed by atoms with Crippen LogP contribution in [0.25, 0.3) is 5.76 Å². The minimum Gasteiger partial charge on any atom is -0.507 e. The summed E-state index contributed by atoms with van der Waals surface area (Å²) in [7, 11) is 0. The van der Waals surface area contributed by atoms with Gasteiger partial charge >= 0.3 is 0 Å². The summed E-state index contributed by atoms with van der Waals surface area (Å²) in [5.74, 6) is -1.32. The smallest absolute Gasteiger partial charge is 0.295 e. The summed E-state index contributed by atoms with van der Waals surface area (Å²) in [4.78, 5) is 29.9. The summed E-state index contributed by atoms with van der Waals surface area (Å²) >= 11 is 0. The fraction of sp³-hybridized carbons (Fsp3) is 0.360. The topological polar surface area (TPSA) is 70.1 Å². The number of likely N-dealkylation sites (tertiary alicyclic amines) is 1. The van der Waals surface area contributed by atoms with Crippen LogP contribution < -0.4 is 0 Å². The van der Waals surface area contributed by atoms with Crippen LogP contribution in [0, 0.1) is 13.8 Å². The Kier molecular flexibility index (Phi) is 6.20. The SMILES string of the molecule is Cc1ccc(/C(O)=C2\C(=O)C(=O)N(CCN3CCOCC3)[C@@H]2c2ccc(C)cc2)cc1. The zero-order valence-electron chi connectivity index (χ0n) is 18.0. The van der Waals surface area contributed by atoms with Gasteiger partial charge in [0.15, 0.2) is 0 Å². The number of morpholine rings is 1. The maximum absolute atomic E-state index is 13.1. The molecule has 6 nitrogen and oxygen atoms in total. The zero-order chi connectivity index (χ0) is 22.0. The number of ether oxygens (including phenoxy) is 1. The molecule has 0 saturated carbocycles. The number of hydrogen-bond donors (Lipinski definition) is 1. The van der Waals surface area contributed by atoms with Gasteiger partial charge in [-0.05, 0) is 19.4 Å². The molecule has 0 bridgehead atoms. The van der Waals surface area contributed by atoms with Crippen molar-refractivity contribution in [2.75, 3.05) is 39.4 Å². The van der Waals surface area contributed by atoms with Crippen molar-refractivity contribution in [3.8, 4) is 0 Å². The highest BCUT2D eigenvalue weighted by molar-refractivity contribution is 6.46. The van der Waals surface area contributed by atoms with Gasteiger partial charge in [-0.1, -0.05) is 59.7 Å². The van der Waals surface area contributed by atoms with Crippen molar-refractivity contribution in [1.29, 1.82) is 0 Å². The number of amides is 1. The molecule has 2 saturated heterocycles. The van der Waals surface area contributed by atoms with Crippen LogP contribution in [-0.2, 0) is 14.3 Å². The predicted molar refractivity (Wildman–Crippen MR) is 119 cm³/mol. The molecule has 31 heavy (non-hydrogen) atoms. The fourth-order valence-electron chi connectivity index (χ4n) is 4.15. The number of nitrogens with zero attached hydrogens (tertiary/aromatic N) is 2. The largest absolute Gasteiger partial charge is 0.507 e. The average molecular weight is 421 g/mol. The second-order valence-corrected chi connectivity index (χ2v) is 8.22. The first-order valence-corrected chi connectivity index (χ1v) is 10.7. The van der Waals surface area contributed by atoms with Gasteiger partial charge in [-0.25, -0.2) is 0 Å². The van der Waals surface area contributed by atoms with Gasteiger partial charge in [-0.2, -0.15) is 0 Å². The fourth-order valence-corrected chi connectivity index (χ4v) is 4.15. The van der Waals surface area contributed by atoms with E-state index in [0.29, 0.717) is 31.9 Å². The lowest BCUT2D eigenvalue weighted by Gasteiger charge is -2.31. The minimum absolute atomic E-state index is 0.127. The Hall–Kier alpha value is -2.96. The number of Topliss-reactive ketones (excluding diaryl/α,β-unsaturated/α-hetero) is 1. The van der Waals surface area contributed by atoms with Crippen LogP contribution >= 0.6 is 0 Å². The first-order valence-electron chi connectivity index (χ1n) is 10.7. The third-order valence-corrected chi connectivity index (χ3v) is 6.02. The molecule has 0 spiro atoms. The van der Waals surface area contributed by atoms with E-state index in [9.17, 15) is 14.7 Å². The lowest BCUT2D eigenvalue weighted by Crippen LogP contribution is -2.42. The van der Waals surface area contributed by atoms with Gasteiger partial charge in [-0.3, -0.25) is 14.5 Å². The van der Waals surface area contributed by atoms with Crippen LogP contribution in [0.3, 0.4) is 0 Å². The monoisotopic (exact) mass is 420 g/mol. The van der Waals surface area contributed by atoms with Gasteiger partial charge in [0.1, 0.15) is 5.76 Å². The molecule has 2 heterocycles. The van der Waals surface area contributed by atoms with E-state index < -0.39 is 17.7 Å². The number of hydrogen-bond acceptors (Lipinski definition) is 5. The molecule has 4 rings (SSSR count). The highest BCUT2D eigenvalue weighted by atomic mass is 16.5. The number of aliphatic hydroxyl groups excluding tert-OH is 1. The van der Waals surface area contributed by atoms with E-state index in [2.05, 4.69) is 4.90 Å². The summed E-state index contributed by atoms with van der Waals surface area (Å²) < 4.78 is 5.40. The Balaban J connectivity index is 1.72. The molecule has 2 aliphatic rings. The molecule has 0 unspecified atom stereocenters. The lowest BCUT2D eigenvalue weighted by molar-refractivity contribution is -0.140. The molecule has 2 aliphatic heterocycles. The zero-order valence-corrected chi connectivity index (χ0v) is 18.0. The molecule has 2 aromatic carbocycles. The first-order chi connectivity index (χ1) is 15.0. The van der Waals surface area contributed by atoms with Gasteiger partial charge in [-0.15, -0.1) is 0 Å². The molecule has 0 aromatic heterocycles. The number of carbonyl (C=O) groups is 2. The maximum atomic E-state index is 13.1. The van der Waals surface area contributed by atoms with Crippen molar-refractivity contribution >= 4 is 17.4 Å². The molecule has 162 valence electrons. The second kappa shape index (κ2) is 9.04. The van der Waals surface area contributed by atoms with E-state index in [1.165, 1.54) is 0 Å². The van der Waals surface area contributed by atoms with Gasteiger partial charge in [0.05, 0.1) is 24.8 Å². The maximum Gasteiger partial charge on any atom is 0.295 e. The summed E-state index contributed by atoms with van der Waals surface area (Å²) in [6.07, 6.45) is 0. The molecule has 6 heteroatoms. The standard InChI is InChI=1S/C25H28N2O4/c1-17-3-7-19(8-4-17)22-21(23(28)20-9-5-18(2)6-10-20)24(29)25(30)27(22)12-11-26-13-15-31-16-14-26/h3-10,22,28H,11-16H2,1-2H3/b23-21+/t22-/m1/s1. The second-order valence-electron chi connectivity index (χ2n) is 8.22. The molecule has 2 aromatic rings. The molecule has 0 aliphatic carbocycles. The van der Waals surface area contributed by atoms with E-state index in [1.54, 1.807) is 17.0 Å². The van der Waals surface area contributed by atoms with Gasteiger partial charge in [0.25, 0.3) is 11.7 Å². The summed E-state index contributed by atoms with van der Waals surface area (Å²) in [5.41, 5.74) is 3.65. The van der Waals surface area contributed by atoms with Crippen molar-refractivity contribution < 1.29 is 19.4 Å².